The summed E-state index contributed by atoms with van der Waals surface area (Å²) in [6.07, 6.45) is 5.84. The number of benzene rings is 1. The molecule has 0 aliphatic carbocycles. The van der Waals surface area contributed by atoms with Crippen LogP contribution in [0.4, 0.5) is 0 Å². The minimum absolute atomic E-state index is 0.230. The molecule has 2 rings (SSSR count). The summed E-state index contributed by atoms with van der Waals surface area (Å²) in [5.41, 5.74) is 2.32. The third-order valence-corrected chi connectivity index (χ3v) is 4.54. The Kier molecular flexibility index (Phi) is 9.55. The van der Waals surface area contributed by atoms with E-state index in [0.717, 1.165) is 44.0 Å². The zero-order chi connectivity index (χ0) is 20.2. The monoisotopic (exact) mass is 385 g/mol. The summed E-state index contributed by atoms with van der Waals surface area (Å²) in [7, 11) is 0. The van der Waals surface area contributed by atoms with Gasteiger partial charge in [0.05, 0.1) is 19.3 Å². The second kappa shape index (κ2) is 12.2. The number of rotatable bonds is 11. The van der Waals surface area contributed by atoms with E-state index in [9.17, 15) is 5.11 Å². The first kappa shape index (κ1) is 22.0. The molecule has 1 aromatic heterocycles. The van der Waals surface area contributed by atoms with E-state index in [1.807, 2.05) is 35.3 Å². The predicted octanol–water partition coefficient (Wildman–Crippen LogP) is 3.03. The zero-order valence-electron chi connectivity index (χ0n) is 17.4. The fourth-order valence-electron chi connectivity index (χ4n) is 3.25. The fraction of sp³-hybridized carbons (Fsp3) is 0.545. The highest BCUT2D eigenvalue weighted by atomic mass is 16.3. The maximum absolute atomic E-state index is 9.30. The van der Waals surface area contributed by atoms with Crippen molar-refractivity contribution < 1.29 is 5.11 Å². The molecule has 2 aromatic rings. The van der Waals surface area contributed by atoms with Gasteiger partial charge in [0.2, 0.25) is 0 Å². The highest BCUT2D eigenvalue weighted by Gasteiger charge is 2.11. The highest BCUT2D eigenvalue weighted by Crippen LogP contribution is 2.14. The summed E-state index contributed by atoms with van der Waals surface area (Å²) in [5, 5.41) is 20.5. The van der Waals surface area contributed by atoms with Gasteiger partial charge in [-0.2, -0.15) is 5.10 Å². The third kappa shape index (κ3) is 8.13. The lowest BCUT2D eigenvalue weighted by molar-refractivity contribution is 0.243. The number of nitrogens with one attached hydrogen (secondary N) is 2. The maximum Gasteiger partial charge on any atom is 0.191 e. The largest absolute Gasteiger partial charge is 0.396 e. The Labute approximate surface area is 169 Å². The molecule has 3 N–H and O–H groups in total. The highest BCUT2D eigenvalue weighted by molar-refractivity contribution is 5.79. The minimum atomic E-state index is 0.230. The van der Waals surface area contributed by atoms with Gasteiger partial charge in [0, 0.05) is 31.5 Å². The van der Waals surface area contributed by atoms with Crippen LogP contribution in [0.3, 0.4) is 0 Å². The van der Waals surface area contributed by atoms with Gasteiger partial charge in [-0.15, -0.1) is 0 Å². The number of aliphatic hydroxyl groups excluding tert-OH is 1. The summed E-state index contributed by atoms with van der Waals surface area (Å²) in [6, 6.07) is 10.3. The van der Waals surface area contributed by atoms with Gasteiger partial charge < -0.3 is 15.7 Å². The van der Waals surface area contributed by atoms with Crippen LogP contribution in [0.1, 0.15) is 44.7 Å². The van der Waals surface area contributed by atoms with Crippen LogP contribution in [0.5, 0.6) is 0 Å². The molecule has 0 amide bonds. The summed E-state index contributed by atoms with van der Waals surface area (Å²) >= 11 is 0. The third-order valence-electron chi connectivity index (χ3n) is 4.54. The number of guanidine groups is 1. The molecule has 1 atom stereocenters. The van der Waals surface area contributed by atoms with E-state index in [4.69, 9.17) is 4.99 Å². The zero-order valence-corrected chi connectivity index (χ0v) is 17.4. The lowest BCUT2D eigenvalue weighted by Gasteiger charge is -2.20. The second-order valence-electron chi connectivity index (χ2n) is 7.62. The quantitative estimate of drug-likeness (QED) is 0.411. The number of hydrogen-bond acceptors (Lipinski definition) is 3. The van der Waals surface area contributed by atoms with E-state index in [0.29, 0.717) is 18.4 Å². The van der Waals surface area contributed by atoms with Gasteiger partial charge in [0.15, 0.2) is 5.96 Å². The average molecular weight is 386 g/mol. The van der Waals surface area contributed by atoms with Crippen LogP contribution < -0.4 is 10.6 Å². The topological polar surface area (TPSA) is 74.5 Å². The molecule has 28 heavy (non-hydrogen) atoms. The molecule has 0 radical (unpaired) electrons. The van der Waals surface area contributed by atoms with Gasteiger partial charge in [-0.05, 0) is 37.2 Å². The molecule has 0 bridgehead atoms. The Hall–Kier alpha value is -2.34. The number of aliphatic hydroxyl groups is 1. The molecule has 0 saturated heterocycles. The van der Waals surface area contributed by atoms with Crippen LogP contribution in [0.25, 0.3) is 0 Å². The van der Waals surface area contributed by atoms with E-state index in [1.54, 1.807) is 0 Å². The van der Waals surface area contributed by atoms with Crippen LogP contribution in [0.2, 0.25) is 0 Å². The Morgan fingerprint density at radius 3 is 2.64 bits per heavy atom. The van der Waals surface area contributed by atoms with Gasteiger partial charge >= 0.3 is 0 Å². The van der Waals surface area contributed by atoms with E-state index in [1.165, 1.54) is 5.56 Å². The molecule has 154 valence electrons. The molecule has 1 unspecified atom stereocenters. The number of hydrogen-bond donors (Lipinski definition) is 3. The Balaban J connectivity index is 1.91. The predicted molar refractivity (Wildman–Crippen MR) is 115 cm³/mol. The van der Waals surface area contributed by atoms with Crippen LogP contribution in [0, 0.1) is 11.8 Å². The van der Waals surface area contributed by atoms with Crippen molar-refractivity contribution in [1.29, 1.82) is 0 Å². The Morgan fingerprint density at radius 2 is 1.96 bits per heavy atom. The van der Waals surface area contributed by atoms with Gasteiger partial charge in [0.25, 0.3) is 0 Å². The van der Waals surface area contributed by atoms with Crippen molar-refractivity contribution in [3.05, 3.63) is 53.9 Å². The maximum atomic E-state index is 9.30. The first-order valence-electron chi connectivity index (χ1n) is 10.3. The van der Waals surface area contributed by atoms with E-state index in [-0.39, 0.29) is 6.61 Å². The smallest absolute Gasteiger partial charge is 0.191 e. The molecular formula is C22H35N5O. The molecule has 0 aliphatic rings. The molecule has 0 spiro atoms. The Bertz CT molecular complexity index is 696. The molecule has 6 heteroatoms. The number of nitrogens with zero attached hydrogens (tertiary/aromatic N) is 3. The van der Waals surface area contributed by atoms with Crippen molar-refractivity contribution in [1.82, 2.24) is 20.4 Å². The van der Waals surface area contributed by atoms with Gasteiger partial charge in [-0.3, -0.25) is 4.68 Å². The van der Waals surface area contributed by atoms with E-state index in [2.05, 4.69) is 48.6 Å². The summed E-state index contributed by atoms with van der Waals surface area (Å²) in [5.74, 6) is 1.88. The molecule has 0 saturated carbocycles. The number of aliphatic imine (C=N–C) groups is 1. The average Bonchev–Trinajstić information content (AvgIpc) is 3.11. The molecule has 6 nitrogen and oxygen atoms in total. The van der Waals surface area contributed by atoms with Crippen molar-refractivity contribution in [2.75, 3.05) is 19.7 Å². The van der Waals surface area contributed by atoms with Crippen LogP contribution in [-0.2, 0) is 13.1 Å². The lowest BCUT2D eigenvalue weighted by Crippen LogP contribution is -2.40. The number of aromatic nitrogens is 2. The normalized spacial score (nSPS) is 13.0. The Morgan fingerprint density at radius 1 is 1.18 bits per heavy atom. The second-order valence-corrected chi connectivity index (χ2v) is 7.62. The fourth-order valence-corrected chi connectivity index (χ4v) is 3.25. The first-order valence-corrected chi connectivity index (χ1v) is 10.3. The van der Waals surface area contributed by atoms with Crippen LogP contribution >= 0.6 is 0 Å². The van der Waals surface area contributed by atoms with Crippen LogP contribution in [0.15, 0.2) is 47.7 Å². The van der Waals surface area contributed by atoms with Gasteiger partial charge in [-0.25, -0.2) is 4.99 Å². The summed E-state index contributed by atoms with van der Waals surface area (Å²) < 4.78 is 1.94. The summed E-state index contributed by atoms with van der Waals surface area (Å²) in [6.45, 7) is 9.71. The molecule has 0 aliphatic heterocycles. The first-order chi connectivity index (χ1) is 13.6. The molecule has 1 heterocycles. The van der Waals surface area contributed by atoms with Gasteiger partial charge in [0.1, 0.15) is 0 Å². The van der Waals surface area contributed by atoms with Gasteiger partial charge in [-0.1, -0.05) is 44.2 Å². The van der Waals surface area contributed by atoms with E-state index >= 15 is 0 Å². The lowest BCUT2D eigenvalue weighted by atomic mass is 9.94. The van der Waals surface area contributed by atoms with Crippen molar-refractivity contribution in [2.24, 2.45) is 16.8 Å². The van der Waals surface area contributed by atoms with Crippen molar-refractivity contribution in [3.63, 3.8) is 0 Å². The molecule has 1 aromatic carbocycles. The standard InChI is InChI=1S/C22H35N5O/c1-4-23-22(24-13-20(10-11-28)12-18(2)3)25-14-21-15-26-27(17-21)16-19-8-6-5-7-9-19/h5-9,15,17-18,20,28H,4,10-14,16H2,1-3H3,(H2,23,24,25). The van der Waals surface area contributed by atoms with Crippen molar-refractivity contribution in [3.8, 4) is 0 Å². The SMILES string of the molecule is CCNC(=NCc1cnn(Cc2ccccc2)c1)NCC(CCO)CC(C)C. The minimum Gasteiger partial charge on any atom is -0.396 e. The van der Waals surface area contributed by atoms with Crippen molar-refractivity contribution in [2.45, 2.75) is 46.7 Å². The molecular weight excluding hydrogens is 350 g/mol. The van der Waals surface area contributed by atoms with E-state index < -0.39 is 0 Å². The summed E-state index contributed by atoms with van der Waals surface area (Å²) in [4.78, 5) is 4.69. The van der Waals surface area contributed by atoms with Crippen molar-refractivity contribution >= 4 is 5.96 Å². The van der Waals surface area contributed by atoms with Crippen LogP contribution in [-0.4, -0.2) is 40.5 Å². The molecule has 0 fully saturated rings.